The Hall–Kier alpha value is -3.16. The molecule has 0 radical (unpaired) electrons. The van der Waals surface area contributed by atoms with Crippen LogP contribution in [0.1, 0.15) is 11.7 Å². The van der Waals surface area contributed by atoms with Crippen LogP contribution >= 0.6 is 0 Å². The second-order valence-electron chi connectivity index (χ2n) is 4.73. The van der Waals surface area contributed by atoms with Crippen LogP contribution in [0.5, 0.6) is 11.6 Å². The van der Waals surface area contributed by atoms with E-state index >= 15 is 0 Å². The Bertz CT molecular complexity index is 819. The van der Waals surface area contributed by atoms with Crippen molar-refractivity contribution in [3.8, 4) is 23.0 Å². The van der Waals surface area contributed by atoms with Gasteiger partial charge in [0.15, 0.2) is 11.9 Å². The Labute approximate surface area is 124 Å². The van der Waals surface area contributed by atoms with Crippen LogP contribution in [0.25, 0.3) is 11.4 Å². The van der Waals surface area contributed by atoms with E-state index in [1.807, 2.05) is 30.3 Å². The Morgan fingerprint density at radius 1 is 1.23 bits per heavy atom. The van der Waals surface area contributed by atoms with Crippen molar-refractivity contribution in [2.45, 2.75) is 6.10 Å². The van der Waals surface area contributed by atoms with E-state index in [4.69, 9.17) is 14.7 Å². The van der Waals surface area contributed by atoms with Crippen molar-refractivity contribution in [3.63, 3.8) is 0 Å². The molecule has 1 aliphatic rings. The molecule has 3 heterocycles. The van der Waals surface area contributed by atoms with Crippen molar-refractivity contribution in [2.75, 3.05) is 6.61 Å². The van der Waals surface area contributed by atoms with Gasteiger partial charge in [-0.3, -0.25) is 0 Å². The SMILES string of the molecule is On1nnc(-c2cccc([C@@H]3COc4cccnc4O3)c2)n1. The number of nitrogens with zero attached hydrogens (tertiary/aromatic N) is 5. The molecule has 3 aromatic rings. The molecule has 8 nitrogen and oxygen atoms in total. The summed E-state index contributed by atoms with van der Waals surface area (Å²) >= 11 is 0. The molecule has 2 aromatic heterocycles. The summed E-state index contributed by atoms with van der Waals surface area (Å²) in [5.41, 5.74) is 1.64. The molecule has 0 spiro atoms. The van der Waals surface area contributed by atoms with Gasteiger partial charge in [-0.1, -0.05) is 23.3 Å². The quantitative estimate of drug-likeness (QED) is 0.716. The van der Waals surface area contributed by atoms with Gasteiger partial charge in [0.2, 0.25) is 5.82 Å². The molecule has 0 fully saturated rings. The topological polar surface area (TPSA) is 95.2 Å². The standard InChI is InChI=1S/C14H11N5O3/c20-19-17-13(16-18-19)10-4-1-3-9(7-10)12-8-21-11-5-2-6-15-14(11)22-12/h1-7,12,20H,8H2/t12-/m0/s1. The smallest absolute Gasteiger partial charge is 0.257 e. The predicted molar refractivity (Wildman–Crippen MR) is 73.5 cm³/mol. The molecule has 4 rings (SSSR count). The van der Waals surface area contributed by atoms with Crippen LogP contribution in [0.4, 0.5) is 0 Å². The monoisotopic (exact) mass is 297 g/mol. The van der Waals surface area contributed by atoms with Crippen LogP contribution in [0.2, 0.25) is 0 Å². The lowest BCUT2D eigenvalue weighted by Gasteiger charge is -2.25. The summed E-state index contributed by atoms with van der Waals surface area (Å²) in [6, 6.07) is 11.1. The van der Waals surface area contributed by atoms with Gasteiger partial charge in [-0.05, 0) is 29.0 Å². The number of pyridine rings is 1. The molecule has 1 aromatic carbocycles. The van der Waals surface area contributed by atoms with Crippen LogP contribution in [0, 0.1) is 0 Å². The molecule has 0 bridgehead atoms. The molecule has 0 amide bonds. The molecule has 110 valence electrons. The Morgan fingerprint density at radius 2 is 2.18 bits per heavy atom. The molecule has 0 aliphatic carbocycles. The van der Waals surface area contributed by atoms with Crippen LogP contribution in [-0.4, -0.2) is 37.2 Å². The van der Waals surface area contributed by atoms with Gasteiger partial charge in [0.25, 0.3) is 5.88 Å². The summed E-state index contributed by atoms with van der Waals surface area (Å²) in [6.07, 6.45) is 1.39. The van der Waals surface area contributed by atoms with Gasteiger partial charge < -0.3 is 14.7 Å². The van der Waals surface area contributed by atoms with Crippen LogP contribution < -0.4 is 9.47 Å². The molecule has 0 unspecified atom stereocenters. The van der Waals surface area contributed by atoms with E-state index < -0.39 is 0 Å². The van der Waals surface area contributed by atoms with Crippen LogP contribution in [0.15, 0.2) is 42.6 Å². The van der Waals surface area contributed by atoms with E-state index in [-0.39, 0.29) is 6.10 Å². The zero-order chi connectivity index (χ0) is 14.9. The van der Waals surface area contributed by atoms with Gasteiger partial charge in [-0.15, -0.1) is 5.10 Å². The third-order valence-corrected chi connectivity index (χ3v) is 3.30. The van der Waals surface area contributed by atoms with Crippen molar-refractivity contribution in [1.82, 2.24) is 25.4 Å². The number of benzene rings is 1. The van der Waals surface area contributed by atoms with E-state index in [0.717, 1.165) is 11.1 Å². The Kier molecular flexibility index (Phi) is 2.85. The van der Waals surface area contributed by atoms with Gasteiger partial charge in [-0.2, -0.15) is 0 Å². The number of hydrogen-bond acceptors (Lipinski definition) is 7. The average Bonchev–Trinajstić information content (AvgIpc) is 3.01. The second kappa shape index (κ2) is 4.99. The number of hydrogen-bond donors (Lipinski definition) is 1. The first-order valence-corrected chi connectivity index (χ1v) is 6.64. The molecular weight excluding hydrogens is 286 g/mol. The fourth-order valence-electron chi connectivity index (χ4n) is 2.27. The van der Waals surface area contributed by atoms with Crippen molar-refractivity contribution in [3.05, 3.63) is 48.2 Å². The maximum absolute atomic E-state index is 9.12. The number of fused-ring (bicyclic) bond motifs is 1. The first-order chi connectivity index (χ1) is 10.8. The predicted octanol–water partition coefficient (Wildman–Crippen LogP) is 1.48. The summed E-state index contributed by atoms with van der Waals surface area (Å²) in [5.74, 6) is 1.45. The molecule has 8 heteroatoms. The fourth-order valence-corrected chi connectivity index (χ4v) is 2.27. The summed E-state index contributed by atoms with van der Waals surface area (Å²) in [6.45, 7) is 0.391. The van der Waals surface area contributed by atoms with E-state index in [1.54, 1.807) is 12.3 Å². The second-order valence-corrected chi connectivity index (χ2v) is 4.73. The van der Waals surface area contributed by atoms with E-state index in [2.05, 4.69) is 20.4 Å². The molecular formula is C14H11N5O3. The zero-order valence-electron chi connectivity index (χ0n) is 11.3. The fraction of sp³-hybridized carbons (Fsp3) is 0.143. The lowest BCUT2D eigenvalue weighted by molar-refractivity contribution is 0.0851. The molecule has 1 aliphatic heterocycles. The van der Waals surface area contributed by atoms with Gasteiger partial charge in [0.05, 0.1) is 0 Å². The van der Waals surface area contributed by atoms with Gasteiger partial charge in [0.1, 0.15) is 6.61 Å². The summed E-state index contributed by atoms with van der Waals surface area (Å²) in [4.78, 5) is 4.59. The van der Waals surface area contributed by atoms with Gasteiger partial charge >= 0.3 is 0 Å². The minimum absolute atomic E-state index is 0.272. The van der Waals surface area contributed by atoms with Crippen molar-refractivity contribution in [1.29, 1.82) is 0 Å². The lowest BCUT2D eigenvalue weighted by Crippen LogP contribution is -2.22. The number of ether oxygens (including phenoxy) is 2. The third kappa shape index (κ3) is 2.20. The van der Waals surface area contributed by atoms with Crippen LogP contribution in [-0.2, 0) is 0 Å². The highest BCUT2D eigenvalue weighted by Gasteiger charge is 2.23. The van der Waals surface area contributed by atoms with E-state index in [1.165, 1.54) is 0 Å². The molecule has 1 N–H and O–H groups in total. The molecule has 22 heavy (non-hydrogen) atoms. The minimum Gasteiger partial charge on any atom is -0.484 e. The van der Waals surface area contributed by atoms with Gasteiger partial charge in [0, 0.05) is 16.7 Å². The Balaban J connectivity index is 1.64. The maximum Gasteiger partial charge on any atom is 0.257 e. The molecule has 0 saturated carbocycles. The highest BCUT2D eigenvalue weighted by molar-refractivity contribution is 5.55. The zero-order valence-corrected chi connectivity index (χ0v) is 11.3. The van der Waals surface area contributed by atoms with Gasteiger partial charge in [-0.25, -0.2) is 4.98 Å². The molecule has 0 saturated heterocycles. The number of aromatic nitrogens is 5. The average molecular weight is 297 g/mol. The van der Waals surface area contributed by atoms with Crippen molar-refractivity contribution < 1.29 is 14.7 Å². The normalized spacial score (nSPS) is 16.5. The number of tetrazole rings is 1. The first kappa shape index (κ1) is 12.6. The number of rotatable bonds is 2. The summed E-state index contributed by atoms with van der Waals surface area (Å²) in [5, 5.41) is 20.1. The van der Waals surface area contributed by atoms with E-state index in [0.29, 0.717) is 29.0 Å². The largest absolute Gasteiger partial charge is 0.484 e. The Morgan fingerprint density at radius 3 is 3.05 bits per heavy atom. The third-order valence-electron chi connectivity index (χ3n) is 3.30. The first-order valence-electron chi connectivity index (χ1n) is 6.64. The summed E-state index contributed by atoms with van der Waals surface area (Å²) < 4.78 is 11.5. The molecule has 1 atom stereocenters. The minimum atomic E-state index is -0.272. The highest BCUT2D eigenvalue weighted by Crippen LogP contribution is 2.34. The van der Waals surface area contributed by atoms with E-state index in [9.17, 15) is 0 Å². The highest BCUT2D eigenvalue weighted by atomic mass is 16.6. The lowest BCUT2D eigenvalue weighted by atomic mass is 10.1. The van der Waals surface area contributed by atoms with Crippen molar-refractivity contribution >= 4 is 0 Å². The van der Waals surface area contributed by atoms with Crippen LogP contribution in [0.3, 0.4) is 0 Å². The maximum atomic E-state index is 9.12. The van der Waals surface area contributed by atoms with Crippen molar-refractivity contribution in [2.24, 2.45) is 0 Å². The summed E-state index contributed by atoms with van der Waals surface area (Å²) in [7, 11) is 0.